The third-order valence-corrected chi connectivity index (χ3v) is 13.8. The Kier molecular flexibility index (Phi) is 24.1. The van der Waals surface area contributed by atoms with Crippen LogP contribution in [0.5, 0.6) is 0 Å². The SMILES string of the molecule is COC(=O)c1ccn2nc(Br)nc2c1.COC(=O)c1ccn2nc(N)nc2c1.Cc1cnc(C)c(-c2cnn(C)c2C(=O)CO)n1.Cc1cnc(C)c(-c2cnn(C)c2C(=O)O)n1.Cn1ncc(-c2ncccc2C#N)c1C(=O)CO.Cn1ncc(-c2ncccc2C#N)c1C(=O)O. The molecule has 0 saturated heterocycles. The van der Waals surface area contributed by atoms with Gasteiger partial charge in [-0.3, -0.25) is 48.3 Å². The summed E-state index contributed by atoms with van der Waals surface area (Å²) in [5.74, 6) is -3.59. The molecule has 0 atom stereocenters. The van der Waals surface area contributed by atoms with E-state index in [1.807, 2.05) is 32.9 Å². The summed E-state index contributed by atoms with van der Waals surface area (Å²) in [5, 5.41) is 77.9. The summed E-state index contributed by atoms with van der Waals surface area (Å²) in [4.78, 5) is 101. The van der Waals surface area contributed by atoms with E-state index in [1.54, 1.807) is 112 Å². The average Bonchev–Trinajstić information content (AvgIpc) is 1.65. The number of aromatic carboxylic acids is 2. The number of pyridine rings is 4. The number of nitrogens with zero attached hydrogens (tertiary/aromatic N) is 22. The standard InChI is InChI=1S/C12H14N4O2.C12H10N4O2.C11H12N4O2.C11H8N4O2.C8H6BrN3O2.C8H8N4O2/c1-7-4-13-8(2)11(15-7)9-5-14-16(3)12(9)10(18)6-17;1-16-12(10(18)7-17)9(6-15-16)11-8(5-13)3-2-4-14-11;1-6-4-12-7(2)9(14-6)8-5-13-15(3)10(8)11(16)17;1-15-10(11(16)17)8(6-14-15)9-7(5-12)3-2-4-13-9;2*1-14-7(13)5-2-3-12-6(4-5)10-8(9)11-12/h4-5,17H,6H2,1-3H3;2-4,6,17H,7H2,1H3;4-5H,1-3H3,(H,16,17);2-4,6H,1H3,(H,16,17);2-4H,1H3;2-4H,1H3,(H2,9,11). The number of nitrogens with two attached hydrogens (primary N) is 1. The van der Waals surface area contributed by atoms with Gasteiger partial charge in [-0.05, 0) is 92.2 Å². The number of aryl methyl sites for hydroxylation is 8. The van der Waals surface area contributed by atoms with Crippen LogP contribution in [0.15, 0.2) is 115 Å². The van der Waals surface area contributed by atoms with Gasteiger partial charge in [0.25, 0.3) is 0 Å². The topological polar surface area (TPSA) is 484 Å². The fourth-order valence-electron chi connectivity index (χ4n) is 9.01. The molecule has 0 unspecified atom stereocenters. The Labute approximate surface area is 562 Å². The first-order chi connectivity index (χ1) is 46.8. The van der Waals surface area contributed by atoms with Crippen molar-refractivity contribution in [1.82, 2.24) is 98.2 Å². The van der Waals surface area contributed by atoms with Gasteiger partial charge in [-0.25, -0.2) is 43.2 Å². The van der Waals surface area contributed by atoms with Crippen LogP contribution in [-0.4, -0.2) is 182 Å². The summed E-state index contributed by atoms with van der Waals surface area (Å²) in [7, 11) is 9.04. The van der Waals surface area contributed by atoms with E-state index in [2.05, 4.69) is 95.9 Å². The van der Waals surface area contributed by atoms with Crippen molar-refractivity contribution in [3.05, 3.63) is 183 Å². The molecule has 12 aromatic heterocycles. The van der Waals surface area contributed by atoms with Crippen molar-refractivity contribution in [1.29, 1.82) is 10.5 Å². The van der Waals surface area contributed by atoms with Crippen molar-refractivity contribution < 1.29 is 58.7 Å². The number of anilines is 1. The first-order valence-corrected chi connectivity index (χ1v) is 29.0. The number of hydrogen-bond acceptors (Lipinski definition) is 27. The zero-order valence-electron chi connectivity index (χ0n) is 53.7. The third kappa shape index (κ3) is 17.0. The van der Waals surface area contributed by atoms with Crippen LogP contribution in [-0.2, 0) is 37.7 Å². The molecule has 0 bridgehead atoms. The lowest BCUT2D eigenvalue weighted by atomic mass is 10.1. The number of aliphatic hydroxyl groups excluding tert-OH is 2. The largest absolute Gasteiger partial charge is 0.477 e. The number of fused-ring (bicyclic) bond motifs is 2. The van der Waals surface area contributed by atoms with Crippen LogP contribution in [0.4, 0.5) is 5.95 Å². The first-order valence-electron chi connectivity index (χ1n) is 28.2. The van der Waals surface area contributed by atoms with Crippen molar-refractivity contribution in [3.8, 4) is 57.2 Å². The molecule has 12 aromatic rings. The molecular weight excluding hydrogens is 1340 g/mol. The second-order valence-electron chi connectivity index (χ2n) is 20.1. The molecule has 0 aliphatic carbocycles. The number of methoxy groups -OCH3 is 2. The normalized spacial score (nSPS) is 10.3. The Morgan fingerprint density at radius 2 is 0.888 bits per heavy atom. The molecular formula is C62H58BrN23O12. The maximum Gasteiger partial charge on any atom is 0.354 e. The summed E-state index contributed by atoms with van der Waals surface area (Å²) < 4.78 is 18.1. The highest BCUT2D eigenvalue weighted by atomic mass is 79.9. The van der Waals surface area contributed by atoms with Crippen molar-refractivity contribution >= 4 is 68.6 Å². The fourth-order valence-corrected chi connectivity index (χ4v) is 9.36. The molecule has 12 rings (SSSR count). The number of ketones is 2. The predicted octanol–water partition coefficient (Wildman–Crippen LogP) is 4.82. The van der Waals surface area contributed by atoms with E-state index in [0.717, 1.165) is 17.1 Å². The van der Waals surface area contributed by atoms with Gasteiger partial charge in [0.05, 0.1) is 129 Å². The smallest absolute Gasteiger partial charge is 0.354 e. The lowest BCUT2D eigenvalue weighted by Crippen LogP contribution is -2.12. The number of rotatable bonds is 12. The molecule has 35 nitrogen and oxygen atoms in total. The van der Waals surface area contributed by atoms with E-state index in [9.17, 15) is 28.8 Å². The highest BCUT2D eigenvalue weighted by molar-refractivity contribution is 9.10. The number of carbonyl (C=O) groups excluding carboxylic acids is 4. The summed E-state index contributed by atoms with van der Waals surface area (Å²) in [6.45, 7) is 6.10. The molecule has 0 spiro atoms. The summed E-state index contributed by atoms with van der Waals surface area (Å²) >= 11 is 3.14. The second kappa shape index (κ2) is 32.7. The van der Waals surface area contributed by atoms with Gasteiger partial charge < -0.3 is 35.6 Å². The van der Waals surface area contributed by atoms with Crippen molar-refractivity contribution in [3.63, 3.8) is 0 Å². The van der Waals surface area contributed by atoms with Gasteiger partial charge in [-0.15, -0.1) is 10.2 Å². The number of nitrogen functional groups attached to an aromatic ring is 1. The van der Waals surface area contributed by atoms with E-state index in [4.69, 9.17) is 36.7 Å². The summed E-state index contributed by atoms with van der Waals surface area (Å²) in [6, 6.07) is 16.9. The summed E-state index contributed by atoms with van der Waals surface area (Å²) in [5.41, 5.74) is 15.5. The number of nitriles is 2. The van der Waals surface area contributed by atoms with Gasteiger partial charge in [-0.1, -0.05) is 0 Å². The van der Waals surface area contributed by atoms with Crippen LogP contribution in [0.25, 0.3) is 56.3 Å². The number of halogens is 1. The predicted molar refractivity (Wildman–Crippen MR) is 347 cm³/mol. The Hall–Kier alpha value is -13.1. The highest BCUT2D eigenvalue weighted by Crippen LogP contribution is 2.28. The van der Waals surface area contributed by atoms with Gasteiger partial charge >= 0.3 is 23.9 Å². The van der Waals surface area contributed by atoms with Gasteiger partial charge in [0, 0.05) is 65.4 Å². The molecule has 6 N–H and O–H groups in total. The number of carboxylic acids is 2. The minimum absolute atomic E-state index is 0.0141. The van der Waals surface area contributed by atoms with E-state index in [1.165, 1.54) is 75.5 Å². The number of carboxylic acid groups (broad SMARTS) is 2. The van der Waals surface area contributed by atoms with Gasteiger partial charge in [-0.2, -0.15) is 35.9 Å². The minimum atomic E-state index is -1.10. The molecule has 0 amide bonds. The average molecular weight is 1400 g/mol. The van der Waals surface area contributed by atoms with Crippen LogP contribution in [0.2, 0.25) is 0 Å². The zero-order valence-corrected chi connectivity index (χ0v) is 55.2. The first kappa shape index (κ1) is 72.4. The molecule has 0 aliphatic rings. The number of Topliss-reactive ketones (excluding diaryl/α,β-unsaturated/α-hetero) is 2. The Morgan fingerprint density at radius 1 is 0.520 bits per heavy atom. The molecule has 0 fully saturated rings. The van der Waals surface area contributed by atoms with E-state index in [-0.39, 0.29) is 34.8 Å². The molecule has 500 valence electrons. The van der Waals surface area contributed by atoms with Crippen molar-refractivity contribution in [2.24, 2.45) is 28.2 Å². The second-order valence-corrected chi connectivity index (χ2v) is 20.8. The molecule has 0 saturated carbocycles. The Balaban J connectivity index is 0.000000166. The number of hydrogen-bond donors (Lipinski definition) is 5. The Bertz CT molecular complexity index is 4960. The number of esters is 2. The van der Waals surface area contributed by atoms with Crippen LogP contribution in [0, 0.1) is 50.4 Å². The van der Waals surface area contributed by atoms with Crippen LogP contribution in [0.3, 0.4) is 0 Å². The van der Waals surface area contributed by atoms with E-state index >= 15 is 0 Å². The summed E-state index contributed by atoms with van der Waals surface area (Å²) in [6.07, 6.45) is 15.5. The monoisotopic (exact) mass is 1400 g/mol. The number of ether oxygens (including phenoxy) is 2. The van der Waals surface area contributed by atoms with Crippen molar-refractivity contribution in [2.75, 3.05) is 33.2 Å². The van der Waals surface area contributed by atoms with E-state index < -0.39 is 36.9 Å². The molecule has 36 heteroatoms. The molecule has 0 aromatic carbocycles. The van der Waals surface area contributed by atoms with Gasteiger partial charge in [0.2, 0.25) is 22.2 Å². The molecule has 12 heterocycles. The quantitative estimate of drug-likeness (QED) is 0.0808. The lowest BCUT2D eigenvalue weighted by Gasteiger charge is -2.06. The van der Waals surface area contributed by atoms with Crippen molar-refractivity contribution in [2.45, 2.75) is 27.7 Å². The minimum Gasteiger partial charge on any atom is -0.477 e. The zero-order chi connectivity index (χ0) is 71.7. The van der Waals surface area contributed by atoms with E-state index in [0.29, 0.717) is 94.7 Å². The third-order valence-electron chi connectivity index (χ3n) is 13.5. The molecule has 0 aliphatic heterocycles. The molecule has 98 heavy (non-hydrogen) atoms. The lowest BCUT2D eigenvalue weighted by molar-refractivity contribution is 0.0592. The number of aromatic nitrogens is 20. The molecule has 0 radical (unpaired) electrons. The van der Waals surface area contributed by atoms with Crippen LogP contribution >= 0.6 is 15.9 Å². The van der Waals surface area contributed by atoms with Gasteiger partial charge in [0.15, 0.2) is 22.7 Å². The number of aliphatic hydroxyl groups is 2. The maximum atomic E-state index is 11.7. The number of carbonyl (C=O) groups is 6. The highest BCUT2D eigenvalue weighted by Gasteiger charge is 2.24. The van der Waals surface area contributed by atoms with Gasteiger partial charge in [0.1, 0.15) is 36.7 Å². The van der Waals surface area contributed by atoms with Crippen LogP contribution in [0.1, 0.15) is 96.6 Å². The maximum absolute atomic E-state index is 11.7. The Morgan fingerprint density at radius 3 is 1.28 bits per heavy atom. The fraction of sp³-hybridized carbons (Fsp3) is 0.194. The van der Waals surface area contributed by atoms with Crippen LogP contribution < -0.4 is 5.73 Å².